The Bertz CT molecular complexity index is 3420. The van der Waals surface area contributed by atoms with Crippen molar-refractivity contribution >= 4 is 82.2 Å². The summed E-state index contributed by atoms with van der Waals surface area (Å²) in [6.45, 7) is 0. The molecule has 0 saturated heterocycles. The van der Waals surface area contributed by atoms with E-state index in [-0.39, 0.29) is 0 Å². The van der Waals surface area contributed by atoms with E-state index in [0.717, 1.165) is 44.5 Å². The lowest BCUT2D eigenvalue weighted by atomic mass is 9.95. The number of rotatable bonds is 6. The molecule has 0 fully saturated rings. The third-order valence-corrected chi connectivity index (χ3v) is 12.1. The van der Waals surface area contributed by atoms with Crippen LogP contribution < -0.4 is 4.90 Å². The van der Waals surface area contributed by atoms with Crippen LogP contribution in [0.4, 0.5) is 17.1 Å². The fourth-order valence-corrected chi connectivity index (χ4v) is 9.06. The van der Waals surface area contributed by atoms with Crippen LogP contribution in [0.15, 0.2) is 223 Å². The van der Waals surface area contributed by atoms with E-state index in [9.17, 15) is 0 Å². The van der Waals surface area contributed by atoms with E-state index in [1.165, 1.54) is 65.3 Å². The molecule has 0 N–H and O–H groups in total. The quantitative estimate of drug-likeness (QED) is 0.158. The van der Waals surface area contributed by atoms with Crippen molar-refractivity contribution in [3.05, 3.63) is 219 Å². The van der Waals surface area contributed by atoms with Crippen molar-refractivity contribution in [3.63, 3.8) is 0 Å². The molecule has 12 aromatic rings. The molecule has 0 radical (unpaired) electrons. The Morgan fingerprint density at radius 3 is 1.32 bits per heavy atom. The predicted molar refractivity (Wildman–Crippen MR) is 253 cm³/mol. The Hall–Kier alpha value is -8.01. The van der Waals surface area contributed by atoms with E-state index in [1.54, 1.807) is 6.20 Å². The minimum atomic E-state index is 0.663. The molecule has 3 heteroatoms. The van der Waals surface area contributed by atoms with E-state index in [2.05, 4.69) is 210 Å². The van der Waals surface area contributed by atoms with Crippen molar-refractivity contribution in [3.8, 4) is 33.4 Å². The van der Waals surface area contributed by atoms with E-state index in [0.29, 0.717) is 5.71 Å². The minimum absolute atomic E-state index is 0.663. The summed E-state index contributed by atoms with van der Waals surface area (Å²) in [6.07, 6.45) is 1.77. The Labute approximate surface area is 347 Å². The van der Waals surface area contributed by atoms with Gasteiger partial charge in [0.05, 0.1) is 0 Å². The van der Waals surface area contributed by atoms with Gasteiger partial charge in [0.2, 0.25) is 5.71 Å². The summed E-state index contributed by atoms with van der Waals surface area (Å²) in [4.78, 5) is 6.78. The molecule has 0 bridgehead atoms. The molecule has 10 aromatic carbocycles. The highest BCUT2D eigenvalue weighted by Gasteiger charge is 2.16. The third-order valence-electron chi connectivity index (χ3n) is 12.1. The van der Waals surface area contributed by atoms with Gasteiger partial charge in [0.25, 0.3) is 0 Å². The first-order valence-electron chi connectivity index (χ1n) is 20.4. The van der Waals surface area contributed by atoms with Crippen LogP contribution in [0.3, 0.4) is 0 Å². The molecule has 12 rings (SSSR count). The van der Waals surface area contributed by atoms with Crippen molar-refractivity contribution in [1.29, 1.82) is 0 Å². The summed E-state index contributed by atoms with van der Waals surface area (Å²) >= 11 is 0. The maximum Gasteiger partial charge on any atom is 0.227 e. The molecule has 0 unspecified atom stereocenters. The Morgan fingerprint density at radius 2 is 0.783 bits per heavy atom. The molecule has 0 amide bonds. The number of nitrogens with zero attached hydrogens (tertiary/aromatic N) is 2. The van der Waals surface area contributed by atoms with E-state index < -0.39 is 0 Å². The van der Waals surface area contributed by atoms with Gasteiger partial charge in [-0.25, -0.2) is 4.98 Å². The van der Waals surface area contributed by atoms with Gasteiger partial charge < -0.3 is 9.32 Å². The lowest BCUT2D eigenvalue weighted by Gasteiger charge is -2.26. The topological polar surface area (TPSA) is 29.3 Å². The Kier molecular flexibility index (Phi) is 7.85. The number of hydrogen-bond donors (Lipinski definition) is 0. The fourth-order valence-electron chi connectivity index (χ4n) is 9.06. The lowest BCUT2D eigenvalue weighted by molar-refractivity contribution is 0.654. The summed E-state index contributed by atoms with van der Waals surface area (Å²) in [7, 11) is 0. The smallest absolute Gasteiger partial charge is 0.227 e. The number of hydrogen-bond acceptors (Lipinski definition) is 3. The molecule has 2 aromatic heterocycles. The second kappa shape index (κ2) is 13.8. The highest BCUT2D eigenvalue weighted by atomic mass is 16.3. The highest BCUT2D eigenvalue weighted by Crippen LogP contribution is 2.41. The zero-order valence-corrected chi connectivity index (χ0v) is 32.6. The van der Waals surface area contributed by atoms with Gasteiger partial charge in [-0.15, -0.1) is 0 Å². The number of pyridine rings is 1. The highest BCUT2D eigenvalue weighted by molar-refractivity contribution is 6.07. The van der Waals surface area contributed by atoms with Crippen molar-refractivity contribution in [2.75, 3.05) is 4.90 Å². The Morgan fingerprint density at radius 1 is 0.317 bits per heavy atom. The zero-order valence-electron chi connectivity index (χ0n) is 32.6. The summed E-state index contributed by atoms with van der Waals surface area (Å²) in [5.41, 5.74) is 11.8. The molecule has 0 saturated carbocycles. The first-order chi connectivity index (χ1) is 29.7. The van der Waals surface area contributed by atoms with Gasteiger partial charge in [0.1, 0.15) is 5.58 Å². The first-order valence-corrected chi connectivity index (χ1v) is 20.4. The zero-order chi connectivity index (χ0) is 39.6. The van der Waals surface area contributed by atoms with Gasteiger partial charge in [-0.1, -0.05) is 127 Å². The van der Waals surface area contributed by atoms with Crippen LogP contribution in [0.2, 0.25) is 0 Å². The van der Waals surface area contributed by atoms with Crippen molar-refractivity contribution in [2.24, 2.45) is 0 Å². The molecule has 3 nitrogen and oxygen atoms in total. The standard InChI is InChI=1S/C57H36N2O/c1-3-10-42-34-53-45(32-40(42)8-1)12-5-14-50(53)38-19-26-48(27-20-38)59(47-24-17-37(18-25-47)44-23-30-56-55(36-44)52-16-7-31-58-57(52)60-56)49-28-21-39(22-29-49)51-15-6-13-46-33-41-9-2-4-11-43(41)35-54(46)51/h1-36H. The molecule has 60 heavy (non-hydrogen) atoms. The normalized spacial score (nSPS) is 11.7. The lowest BCUT2D eigenvalue weighted by Crippen LogP contribution is -2.09. The number of benzene rings is 10. The van der Waals surface area contributed by atoms with Crippen LogP contribution >= 0.6 is 0 Å². The summed E-state index contributed by atoms with van der Waals surface area (Å²) in [6, 6.07) is 77.0. The number of anilines is 3. The van der Waals surface area contributed by atoms with Crippen LogP contribution in [0, 0.1) is 0 Å². The number of fused-ring (bicyclic) bond motifs is 7. The molecular weight excluding hydrogens is 729 g/mol. The molecule has 0 aliphatic carbocycles. The average Bonchev–Trinajstić information content (AvgIpc) is 3.69. The van der Waals surface area contributed by atoms with Crippen LogP contribution in [0.5, 0.6) is 0 Å². The molecule has 0 atom stereocenters. The van der Waals surface area contributed by atoms with Gasteiger partial charge >= 0.3 is 0 Å². The predicted octanol–water partition coefficient (Wildman–Crippen LogP) is 16.1. The van der Waals surface area contributed by atoms with Gasteiger partial charge in [0.15, 0.2) is 0 Å². The van der Waals surface area contributed by atoms with Gasteiger partial charge in [-0.3, -0.25) is 0 Å². The van der Waals surface area contributed by atoms with E-state index in [4.69, 9.17) is 4.42 Å². The number of furan rings is 1. The maximum atomic E-state index is 6.02. The SMILES string of the molecule is c1ccc2cc3c(-c4ccc(N(c5ccc(-c6ccc7oc8ncccc8c7c6)cc5)c5ccc(-c6cccc7cc8ccccc8cc67)cc5)cc4)cccc3cc2c1. The van der Waals surface area contributed by atoms with Crippen molar-refractivity contribution in [1.82, 2.24) is 4.98 Å². The van der Waals surface area contributed by atoms with Gasteiger partial charge in [0, 0.05) is 34.0 Å². The van der Waals surface area contributed by atoms with Crippen LogP contribution in [-0.2, 0) is 0 Å². The average molecular weight is 765 g/mol. The van der Waals surface area contributed by atoms with E-state index >= 15 is 0 Å². The summed E-state index contributed by atoms with van der Waals surface area (Å²) in [5, 5.41) is 12.1. The molecular formula is C57H36N2O. The maximum absolute atomic E-state index is 6.02. The van der Waals surface area contributed by atoms with Crippen molar-refractivity contribution < 1.29 is 4.42 Å². The second-order valence-corrected chi connectivity index (χ2v) is 15.6. The fraction of sp³-hybridized carbons (Fsp3) is 0. The first kappa shape index (κ1) is 34.1. The van der Waals surface area contributed by atoms with E-state index in [1.807, 2.05) is 12.1 Å². The molecule has 280 valence electrons. The van der Waals surface area contributed by atoms with Gasteiger partial charge in [-0.2, -0.15) is 0 Å². The largest absolute Gasteiger partial charge is 0.438 e. The molecule has 0 aliphatic heterocycles. The van der Waals surface area contributed by atoms with Crippen LogP contribution in [0.1, 0.15) is 0 Å². The second-order valence-electron chi connectivity index (χ2n) is 15.6. The minimum Gasteiger partial charge on any atom is -0.438 e. The van der Waals surface area contributed by atoms with Crippen LogP contribution in [0.25, 0.3) is 98.5 Å². The molecule has 0 spiro atoms. The number of aromatic nitrogens is 1. The van der Waals surface area contributed by atoms with Crippen molar-refractivity contribution in [2.45, 2.75) is 0 Å². The monoisotopic (exact) mass is 764 g/mol. The molecule has 2 heterocycles. The molecule has 0 aliphatic rings. The summed E-state index contributed by atoms with van der Waals surface area (Å²) < 4.78 is 6.02. The Balaban J connectivity index is 0.945. The van der Waals surface area contributed by atoms with Gasteiger partial charge in [-0.05, 0) is 161 Å². The third kappa shape index (κ3) is 5.79. The van der Waals surface area contributed by atoms with Crippen LogP contribution in [-0.4, -0.2) is 4.98 Å². The summed E-state index contributed by atoms with van der Waals surface area (Å²) in [5.74, 6) is 0.